The van der Waals surface area contributed by atoms with Crippen molar-refractivity contribution in [3.63, 3.8) is 0 Å². The zero-order chi connectivity index (χ0) is 20.4. The SMILES string of the molecule is CCCC1CCC(Cc2ccc(-c3ccc(-c4ccc(C)cc4)c(F)c3F)s2)C1. The molecule has 1 heterocycles. The van der Waals surface area contributed by atoms with Crippen LogP contribution in [0.25, 0.3) is 21.6 Å². The second kappa shape index (κ2) is 8.79. The van der Waals surface area contributed by atoms with E-state index in [0.717, 1.165) is 28.7 Å². The predicted molar refractivity (Wildman–Crippen MR) is 119 cm³/mol. The molecule has 2 unspecified atom stereocenters. The van der Waals surface area contributed by atoms with E-state index in [1.807, 2.05) is 37.3 Å². The van der Waals surface area contributed by atoms with Crippen LogP contribution in [0.2, 0.25) is 0 Å². The third-order valence-corrected chi connectivity index (χ3v) is 7.35. The van der Waals surface area contributed by atoms with Crippen LogP contribution in [0.15, 0.2) is 48.5 Å². The topological polar surface area (TPSA) is 0 Å². The zero-order valence-corrected chi connectivity index (χ0v) is 18.0. The van der Waals surface area contributed by atoms with E-state index in [1.165, 1.54) is 37.0 Å². The largest absolute Gasteiger partial charge is 0.203 e. The second-order valence-electron chi connectivity index (χ2n) is 8.46. The Morgan fingerprint density at radius 3 is 2.31 bits per heavy atom. The highest BCUT2D eigenvalue weighted by atomic mass is 32.1. The van der Waals surface area contributed by atoms with E-state index in [9.17, 15) is 8.78 Å². The van der Waals surface area contributed by atoms with Crippen molar-refractivity contribution in [2.75, 3.05) is 0 Å². The van der Waals surface area contributed by atoms with Gasteiger partial charge in [0.15, 0.2) is 11.6 Å². The average molecular weight is 411 g/mol. The lowest BCUT2D eigenvalue weighted by atomic mass is 9.98. The molecule has 4 rings (SSSR count). The molecule has 1 aliphatic carbocycles. The molecule has 0 spiro atoms. The van der Waals surface area contributed by atoms with Gasteiger partial charge in [-0.25, -0.2) is 8.78 Å². The molecule has 0 nitrogen and oxygen atoms in total. The van der Waals surface area contributed by atoms with E-state index < -0.39 is 11.6 Å². The molecule has 3 aromatic rings. The third kappa shape index (κ3) is 4.45. The van der Waals surface area contributed by atoms with Crippen molar-refractivity contribution in [3.05, 3.63) is 70.6 Å². The maximum absolute atomic E-state index is 14.9. The van der Waals surface area contributed by atoms with Gasteiger partial charge in [-0.1, -0.05) is 62.1 Å². The van der Waals surface area contributed by atoms with Gasteiger partial charge < -0.3 is 0 Å². The van der Waals surface area contributed by atoms with E-state index in [2.05, 4.69) is 13.0 Å². The monoisotopic (exact) mass is 410 g/mol. The highest BCUT2D eigenvalue weighted by molar-refractivity contribution is 7.15. The Bertz CT molecular complexity index is 971. The zero-order valence-electron chi connectivity index (χ0n) is 17.2. The molecule has 0 saturated heterocycles. The first-order chi connectivity index (χ1) is 14.0. The van der Waals surface area contributed by atoms with Crippen LogP contribution in [0, 0.1) is 30.4 Å². The van der Waals surface area contributed by atoms with Gasteiger partial charge in [-0.2, -0.15) is 0 Å². The lowest BCUT2D eigenvalue weighted by molar-refractivity contribution is 0.460. The van der Waals surface area contributed by atoms with E-state index in [4.69, 9.17) is 0 Å². The molecule has 2 aromatic carbocycles. The smallest absolute Gasteiger partial charge is 0.168 e. The maximum Gasteiger partial charge on any atom is 0.168 e. The molecular formula is C26H28F2S. The van der Waals surface area contributed by atoms with Crippen LogP contribution in [0.3, 0.4) is 0 Å². The molecule has 0 radical (unpaired) electrons. The third-order valence-electron chi connectivity index (χ3n) is 6.21. The minimum atomic E-state index is -0.764. The van der Waals surface area contributed by atoms with Crippen LogP contribution in [0.1, 0.15) is 49.5 Å². The van der Waals surface area contributed by atoms with Crippen molar-refractivity contribution < 1.29 is 8.78 Å². The number of hydrogen-bond donors (Lipinski definition) is 0. The summed E-state index contributed by atoms with van der Waals surface area (Å²) in [5.41, 5.74) is 2.48. The lowest BCUT2D eigenvalue weighted by Gasteiger charge is -2.10. The molecule has 1 aromatic heterocycles. The van der Waals surface area contributed by atoms with E-state index >= 15 is 0 Å². The molecule has 3 heteroatoms. The molecule has 0 aliphatic heterocycles. The van der Waals surface area contributed by atoms with Gasteiger partial charge in [-0.05, 0) is 61.8 Å². The van der Waals surface area contributed by atoms with Crippen LogP contribution in [0.5, 0.6) is 0 Å². The minimum absolute atomic E-state index is 0.316. The summed E-state index contributed by atoms with van der Waals surface area (Å²) in [5.74, 6) is 0.105. The fourth-order valence-corrected chi connectivity index (χ4v) is 5.79. The summed E-state index contributed by atoms with van der Waals surface area (Å²) in [5, 5.41) is 0. The summed E-state index contributed by atoms with van der Waals surface area (Å²) < 4.78 is 29.7. The minimum Gasteiger partial charge on any atom is -0.203 e. The number of benzene rings is 2. The molecule has 2 atom stereocenters. The quantitative estimate of drug-likeness (QED) is 0.382. The predicted octanol–water partition coefficient (Wildman–Crippen LogP) is 8.43. The van der Waals surface area contributed by atoms with Crippen molar-refractivity contribution in [2.24, 2.45) is 11.8 Å². The number of rotatable bonds is 6. The first-order valence-corrected chi connectivity index (χ1v) is 11.5. The summed E-state index contributed by atoms with van der Waals surface area (Å²) in [6, 6.07) is 15.0. The molecule has 0 amide bonds. The molecular weight excluding hydrogens is 382 g/mol. The standard InChI is InChI=1S/C26H28F2S/c1-3-4-18-7-8-19(15-18)16-21-11-14-24(29-21)23-13-12-22(25(27)26(23)28)20-9-5-17(2)6-10-20/h5-6,9-14,18-19H,3-4,7-8,15-16H2,1-2H3. The molecule has 0 bridgehead atoms. The summed E-state index contributed by atoms with van der Waals surface area (Å²) in [7, 11) is 0. The number of thiophene rings is 1. The summed E-state index contributed by atoms with van der Waals surface area (Å²) in [6.45, 7) is 4.24. The number of halogens is 2. The van der Waals surface area contributed by atoms with Crippen LogP contribution < -0.4 is 0 Å². The van der Waals surface area contributed by atoms with Crippen LogP contribution >= 0.6 is 11.3 Å². The molecule has 152 valence electrons. The normalized spacial score (nSPS) is 19.0. The summed E-state index contributed by atoms with van der Waals surface area (Å²) in [6.07, 6.45) is 7.63. The lowest BCUT2D eigenvalue weighted by Crippen LogP contribution is -1.99. The Morgan fingerprint density at radius 1 is 0.862 bits per heavy atom. The maximum atomic E-state index is 14.9. The Kier molecular flexibility index (Phi) is 6.15. The van der Waals surface area contributed by atoms with Crippen molar-refractivity contribution in [1.82, 2.24) is 0 Å². The molecule has 0 N–H and O–H groups in total. The summed E-state index contributed by atoms with van der Waals surface area (Å²) in [4.78, 5) is 2.10. The summed E-state index contributed by atoms with van der Waals surface area (Å²) >= 11 is 1.61. The van der Waals surface area contributed by atoms with Crippen LogP contribution in [0.4, 0.5) is 8.78 Å². The highest BCUT2D eigenvalue weighted by Crippen LogP contribution is 2.39. The molecule has 1 saturated carbocycles. The van der Waals surface area contributed by atoms with Gasteiger partial charge in [0.25, 0.3) is 0 Å². The second-order valence-corrected chi connectivity index (χ2v) is 9.63. The Hall–Kier alpha value is -2.00. The van der Waals surface area contributed by atoms with Gasteiger partial charge in [0.05, 0.1) is 0 Å². The van der Waals surface area contributed by atoms with Crippen molar-refractivity contribution in [3.8, 4) is 21.6 Å². The van der Waals surface area contributed by atoms with Crippen LogP contribution in [-0.4, -0.2) is 0 Å². The number of aryl methyl sites for hydroxylation is 1. The van der Waals surface area contributed by atoms with Gasteiger partial charge in [0.2, 0.25) is 0 Å². The van der Waals surface area contributed by atoms with Gasteiger partial charge in [-0.3, -0.25) is 0 Å². The Morgan fingerprint density at radius 2 is 1.55 bits per heavy atom. The molecule has 29 heavy (non-hydrogen) atoms. The van der Waals surface area contributed by atoms with E-state index in [-0.39, 0.29) is 0 Å². The molecule has 1 fully saturated rings. The van der Waals surface area contributed by atoms with Crippen molar-refractivity contribution in [2.45, 2.75) is 52.4 Å². The van der Waals surface area contributed by atoms with Gasteiger partial charge >= 0.3 is 0 Å². The van der Waals surface area contributed by atoms with Gasteiger partial charge in [-0.15, -0.1) is 11.3 Å². The Labute approximate surface area is 176 Å². The van der Waals surface area contributed by atoms with Gasteiger partial charge in [0.1, 0.15) is 0 Å². The number of hydrogen-bond acceptors (Lipinski definition) is 1. The van der Waals surface area contributed by atoms with Crippen molar-refractivity contribution in [1.29, 1.82) is 0 Å². The highest BCUT2D eigenvalue weighted by Gasteiger charge is 2.25. The average Bonchev–Trinajstić information content (AvgIpc) is 3.35. The fraction of sp³-hybridized carbons (Fsp3) is 0.385. The van der Waals surface area contributed by atoms with Crippen molar-refractivity contribution >= 4 is 11.3 Å². The Balaban J connectivity index is 1.52. The fourth-order valence-electron chi connectivity index (χ4n) is 4.65. The van der Waals surface area contributed by atoms with Crippen LogP contribution in [-0.2, 0) is 6.42 Å². The van der Waals surface area contributed by atoms with E-state index in [0.29, 0.717) is 16.7 Å². The van der Waals surface area contributed by atoms with E-state index in [1.54, 1.807) is 23.5 Å². The molecule has 1 aliphatic rings. The first-order valence-electron chi connectivity index (χ1n) is 10.7. The first kappa shape index (κ1) is 20.3. The van der Waals surface area contributed by atoms with Gasteiger partial charge in [0, 0.05) is 20.9 Å².